The van der Waals surface area contributed by atoms with Gasteiger partial charge in [0, 0.05) is 48.8 Å². The van der Waals surface area contributed by atoms with Gasteiger partial charge in [-0.2, -0.15) is 4.98 Å². The molecule has 28 heavy (non-hydrogen) atoms. The lowest BCUT2D eigenvalue weighted by Gasteiger charge is -2.37. The lowest BCUT2D eigenvalue weighted by molar-refractivity contribution is 0.245. The molecule has 6 nitrogen and oxygen atoms in total. The number of nitrogens with zero attached hydrogens (tertiary/aromatic N) is 4. The number of piperazine rings is 1. The molecule has 0 unspecified atom stereocenters. The summed E-state index contributed by atoms with van der Waals surface area (Å²) >= 11 is 6.13. The second-order valence-electron chi connectivity index (χ2n) is 7.48. The highest BCUT2D eigenvalue weighted by Crippen LogP contribution is 2.26. The van der Waals surface area contributed by atoms with Gasteiger partial charge in [0.15, 0.2) is 0 Å². The van der Waals surface area contributed by atoms with Gasteiger partial charge in [0.25, 0.3) is 0 Å². The minimum Gasteiger partial charge on any atom is -0.369 e. The van der Waals surface area contributed by atoms with Crippen LogP contribution >= 0.6 is 11.6 Å². The van der Waals surface area contributed by atoms with Crippen molar-refractivity contribution in [3.8, 4) is 0 Å². The monoisotopic (exact) mass is 395 g/mol. The fourth-order valence-electron chi connectivity index (χ4n) is 4.24. The Bertz CT molecular complexity index is 1070. The SMILES string of the molecule is O=c1nc2ccccc2c2n1C[C@@H](CN1CCN(c3cccc(Cl)c3)CC1)N2. The molecule has 2 aromatic carbocycles. The number of rotatable bonds is 3. The number of para-hydroxylation sites is 1. The maximum Gasteiger partial charge on any atom is 0.349 e. The summed E-state index contributed by atoms with van der Waals surface area (Å²) in [6, 6.07) is 16.1. The highest BCUT2D eigenvalue weighted by molar-refractivity contribution is 6.30. The topological polar surface area (TPSA) is 53.4 Å². The Balaban J connectivity index is 1.25. The van der Waals surface area contributed by atoms with Crippen molar-refractivity contribution >= 4 is 34.0 Å². The molecular weight excluding hydrogens is 374 g/mol. The number of hydrogen-bond donors (Lipinski definition) is 1. The smallest absolute Gasteiger partial charge is 0.349 e. The minimum absolute atomic E-state index is 0.172. The Labute approximate surface area is 168 Å². The highest BCUT2D eigenvalue weighted by atomic mass is 35.5. The van der Waals surface area contributed by atoms with Crippen LogP contribution in [0.2, 0.25) is 5.02 Å². The van der Waals surface area contributed by atoms with Gasteiger partial charge < -0.3 is 10.2 Å². The molecule has 0 aliphatic carbocycles. The summed E-state index contributed by atoms with van der Waals surface area (Å²) in [4.78, 5) is 21.4. The minimum atomic E-state index is -0.172. The molecule has 0 saturated carbocycles. The van der Waals surface area contributed by atoms with E-state index in [0.717, 1.165) is 54.5 Å². The first-order valence-corrected chi connectivity index (χ1v) is 10.0. The molecule has 2 aliphatic rings. The van der Waals surface area contributed by atoms with E-state index in [0.29, 0.717) is 6.54 Å². The van der Waals surface area contributed by atoms with Gasteiger partial charge in [-0.25, -0.2) is 4.79 Å². The largest absolute Gasteiger partial charge is 0.369 e. The Morgan fingerprint density at radius 1 is 1.07 bits per heavy atom. The molecule has 0 bridgehead atoms. The zero-order valence-electron chi connectivity index (χ0n) is 15.5. The van der Waals surface area contributed by atoms with Gasteiger partial charge in [-0.15, -0.1) is 0 Å². The second kappa shape index (κ2) is 7.11. The van der Waals surface area contributed by atoms with Crippen molar-refractivity contribution in [3.05, 3.63) is 64.0 Å². The quantitative estimate of drug-likeness (QED) is 0.739. The first kappa shape index (κ1) is 17.5. The van der Waals surface area contributed by atoms with Crippen LogP contribution in [0.3, 0.4) is 0 Å². The zero-order valence-corrected chi connectivity index (χ0v) is 16.3. The molecule has 0 radical (unpaired) electrons. The normalized spacial score (nSPS) is 19.6. The van der Waals surface area contributed by atoms with E-state index in [9.17, 15) is 4.79 Å². The Hall–Kier alpha value is -2.57. The van der Waals surface area contributed by atoms with Gasteiger partial charge >= 0.3 is 5.69 Å². The molecular formula is C21H22ClN5O. The average molecular weight is 396 g/mol. The molecule has 7 heteroatoms. The predicted molar refractivity (Wildman–Crippen MR) is 114 cm³/mol. The van der Waals surface area contributed by atoms with Crippen LogP contribution in [0.25, 0.3) is 10.9 Å². The van der Waals surface area contributed by atoms with E-state index in [1.807, 2.05) is 42.5 Å². The van der Waals surface area contributed by atoms with Crippen molar-refractivity contribution in [2.24, 2.45) is 0 Å². The third-order valence-corrected chi connectivity index (χ3v) is 5.88. The third-order valence-electron chi connectivity index (χ3n) is 5.64. The van der Waals surface area contributed by atoms with Crippen molar-refractivity contribution in [2.45, 2.75) is 12.6 Å². The number of benzene rings is 2. The van der Waals surface area contributed by atoms with Crippen LogP contribution in [0.5, 0.6) is 0 Å². The van der Waals surface area contributed by atoms with Gasteiger partial charge in [0.2, 0.25) is 0 Å². The molecule has 1 atom stereocenters. The van der Waals surface area contributed by atoms with Crippen molar-refractivity contribution in [3.63, 3.8) is 0 Å². The van der Waals surface area contributed by atoms with Crippen molar-refractivity contribution < 1.29 is 0 Å². The maximum atomic E-state index is 12.4. The number of anilines is 2. The molecule has 1 fully saturated rings. The molecule has 1 saturated heterocycles. The lowest BCUT2D eigenvalue weighted by Crippen LogP contribution is -2.49. The molecule has 0 spiro atoms. The summed E-state index contributed by atoms with van der Waals surface area (Å²) in [6.45, 7) is 5.53. The number of hydrogen-bond acceptors (Lipinski definition) is 5. The highest BCUT2D eigenvalue weighted by Gasteiger charge is 2.27. The van der Waals surface area contributed by atoms with Gasteiger partial charge in [0.05, 0.1) is 18.1 Å². The van der Waals surface area contributed by atoms with Crippen molar-refractivity contribution in [2.75, 3.05) is 42.9 Å². The first-order chi connectivity index (χ1) is 13.7. The van der Waals surface area contributed by atoms with Gasteiger partial charge in [-0.3, -0.25) is 9.47 Å². The first-order valence-electron chi connectivity index (χ1n) is 9.66. The summed E-state index contributed by atoms with van der Waals surface area (Å²) in [5.74, 6) is 0.901. The standard InChI is InChI=1S/C21H22ClN5O/c22-15-4-3-5-17(12-15)26-10-8-25(9-11-26)13-16-14-27-20(23-16)18-6-1-2-7-19(18)24-21(27)28/h1-7,12,16,23H,8-11,13-14H2/t16-/m1/s1. The lowest BCUT2D eigenvalue weighted by atomic mass is 10.2. The molecule has 144 valence electrons. The Morgan fingerprint density at radius 3 is 2.71 bits per heavy atom. The van der Waals surface area contributed by atoms with Gasteiger partial charge in [0.1, 0.15) is 5.82 Å². The number of fused-ring (bicyclic) bond motifs is 3. The van der Waals surface area contributed by atoms with Crippen molar-refractivity contribution in [1.29, 1.82) is 0 Å². The molecule has 3 aromatic rings. The average Bonchev–Trinajstić information content (AvgIpc) is 3.13. The van der Waals surface area contributed by atoms with E-state index >= 15 is 0 Å². The fraction of sp³-hybridized carbons (Fsp3) is 0.333. The molecule has 0 amide bonds. The number of aromatic nitrogens is 2. The second-order valence-corrected chi connectivity index (χ2v) is 7.92. The predicted octanol–water partition coefficient (Wildman–Crippen LogP) is 2.67. The molecule has 1 N–H and O–H groups in total. The van der Waals surface area contributed by atoms with E-state index in [1.54, 1.807) is 4.57 Å². The molecule has 1 aromatic heterocycles. The zero-order chi connectivity index (χ0) is 19.1. The van der Waals surface area contributed by atoms with Crippen LogP contribution in [0.15, 0.2) is 53.3 Å². The Morgan fingerprint density at radius 2 is 1.89 bits per heavy atom. The Kier molecular flexibility index (Phi) is 4.45. The summed E-state index contributed by atoms with van der Waals surface area (Å²) < 4.78 is 1.77. The van der Waals surface area contributed by atoms with Crippen LogP contribution in [0, 0.1) is 0 Å². The maximum absolute atomic E-state index is 12.4. The molecule has 3 heterocycles. The summed E-state index contributed by atoms with van der Waals surface area (Å²) in [6.07, 6.45) is 0. The van der Waals surface area contributed by atoms with Gasteiger partial charge in [-0.1, -0.05) is 29.8 Å². The molecule has 2 aliphatic heterocycles. The van der Waals surface area contributed by atoms with Crippen LogP contribution in [-0.2, 0) is 6.54 Å². The van der Waals surface area contributed by atoms with Crippen LogP contribution in [0.1, 0.15) is 0 Å². The van der Waals surface area contributed by atoms with E-state index in [4.69, 9.17) is 11.6 Å². The summed E-state index contributed by atoms with van der Waals surface area (Å²) in [7, 11) is 0. The fourth-order valence-corrected chi connectivity index (χ4v) is 4.42. The van der Waals surface area contributed by atoms with Crippen LogP contribution in [0.4, 0.5) is 11.5 Å². The van der Waals surface area contributed by atoms with Crippen LogP contribution < -0.4 is 15.9 Å². The van der Waals surface area contributed by atoms with E-state index in [-0.39, 0.29) is 11.7 Å². The number of nitrogens with one attached hydrogen (secondary N) is 1. The van der Waals surface area contributed by atoms with Crippen molar-refractivity contribution in [1.82, 2.24) is 14.5 Å². The van der Waals surface area contributed by atoms with E-state index in [2.05, 4.69) is 26.2 Å². The van der Waals surface area contributed by atoms with Gasteiger partial charge in [-0.05, 0) is 30.3 Å². The third kappa shape index (κ3) is 3.23. The summed E-state index contributed by atoms with van der Waals surface area (Å²) in [5, 5.41) is 5.35. The number of halogens is 1. The van der Waals surface area contributed by atoms with Crippen LogP contribution in [-0.4, -0.2) is 53.2 Å². The summed E-state index contributed by atoms with van der Waals surface area (Å²) in [5.41, 5.74) is 1.76. The molecule has 5 rings (SSSR count). The van der Waals surface area contributed by atoms with E-state index < -0.39 is 0 Å². The van der Waals surface area contributed by atoms with E-state index in [1.165, 1.54) is 5.69 Å².